The van der Waals surface area contributed by atoms with Crippen LogP contribution in [0.4, 0.5) is 0 Å². The Morgan fingerprint density at radius 2 is 2.15 bits per heavy atom. The summed E-state index contributed by atoms with van der Waals surface area (Å²) in [5.74, 6) is 0.833. The van der Waals surface area contributed by atoms with Gasteiger partial charge in [0.15, 0.2) is 0 Å². The van der Waals surface area contributed by atoms with Crippen LogP contribution < -0.4 is 5.32 Å². The summed E-state index contributed by atoms with van der Waals surface area (Å²) in [6, 6.07) is 6.21. The van der Waals surface area contributed by atoms with Gasteiger partial charge >= 0.3 is 0 Å². The highest BCUT2D eigenvalue weighted by molar-refractivity contribution is 5.53. The fourth-order valence-electron chi connectivity index (χ4n) is 3.04. The van der Waals surface area contributed by atoms with E-state index in [4.69, 9.17) is 0 Å². The lowest BCUT2D eigenvalue weighted by atomic mass is 9.97. The SMILES string of the molecule is CCN1CCC(CNCc2cnn3ccccc23)CC1. The fourth-order valence-corrected chi connectivity index (χ4v) is 3.04. The maximum absolute atomic E-state index is 4.38. The van der Waals surface area contributed by atoms with Crippen LogP contribution in [0.1, 0.15) is 25.3 Å². The third kappa shape index (κ3) is 3.02. The molecule has 1 fully saturated rings. The van der Waals surface area contributed by atoms with Crippen molar-refractivity contribution in [1.82, 2.24) is 19.8 Å². The lowest BCUT2D eigenvalue weighted by molar-refractivity contribution is 0.190. The number of pyridine rings is 1. The molecule has 0 atom stereocenters. The summed E-state index contributed by atoms with van der Waals surface area (Å²) >= 11 is 0. The molecular formula is C16H24N4. The number of likely N-dealkylation sites (tertiary alicyclic amines) is 1. The number of aromatic nitrogens is 2. The zero-order valence-corrected chi connectivity index (χ0v) is 12.3. The molecule has 3 rings (SSSR count). The van der Waals surface area contributed by atoms with Gasteiger partial charge in [0.25, 0.3) is 0 Å². The van der Waals surface area contributed by atoms with Crippen molar-refractivity contribution in [3.8, 4) is 0 Å². The fraction of sp³-hybridized carbons (Fsp3) is 0.562. The summed E-state index contributed by atoms with van der Waals surface area (Å²) in [6.07, 6.45) is 6.63. The van der Waals surface area contributed by atoms with Crippen LogP contribution in [0.15, 0.2) is 30.6 Å². The molecule has 20 heavy (non-hydrogen) atoms. The van der Waals surface area contributed by atoms with Gasteiger partial charge in [0, 0.05) is 18.3 Å². The first-order valence-corrected chi connectivity index (χ1v) is 7.71. The van der Waals surface area contributed by atoms with E-state index in [2.05, 4.69) is 34.4 Å². The monoisotopic (exact) mass is 272 g/mol. The molecule has 3 heterocycles. The van der Waals surface area contributed by atoms with E-state index in [9.17, 15) is 0 Å². The number of hydrogen-bond acceptors (Lipinski definition) is 3. The predicted octanol–water partition coefficient (Wildman–Crippen LogP) is 2.16. The molecule has 0 unspecified atom stereocenters. The zero-order chi connectivity index (χ0) is 13.8. The molecule has 0 saturated carbocycles. The van der Waals surface area contributed by atoms with Crippen LogP contribution in [0.3, 0.4) is 0 Å². The molecule has 0 aromatic carbocycles. The number of fused-ring (bicyclic) bond motifs is 1. The minimum Gasteiger partial charge on any atom is -0.312 e. The highest BCUT2D eigenvalue weighted by Crippen LogP contribution is 2.16. The van der Waals surface area contributed by atoms with Gasteiger partial charge in [0.2, 0.25) is 0 Å². The van der Waals surface area contributed by atoms with E-state index in [0.29, 0.717) is 0 Å². The third-order valence-corrected chi connectivity index (χ3v) is 4.41. The molecular weight excluding hydrogens is 248 g/mol. The molecule has 0 amide bonds. The first-order valence-electron chi connectivity index (χ1n) is 7.71. The molecule has 4 nitrogen and oxygen atoms in total. The van der Waals surface area contributed by atoms with Gasteiger partial charge in [-0.3, -0.25) is 0 Å². The van der Waals surface area contributed by atoms with Crippen LogP contribution >= 0.6 is 0 Å². The Morgan fingerprint density at radius 1 is 1.30 bits per heavy atom. The van der Waals surface area contributed by atoms with E-state index in [1.165, 1.54) is 43.6 Å². The van der Waals surface area contributed by atoms with Gasteiger partial charge in [-0.05, 0) is 57.1 Å². The molecule has 1 aliphatic rings. The van der Waals surface area contributed by atoms with E-state index in [-0.39, 0.29) is 0 Å². The van der Waals surface area contributed by atoms with Crippen molar-refractivity contribution < 1.29 is 0 Å². The van der Waals surface area contributed by atoms with Gasteiger partial charge in [0.1, 0.15) is 0 Å². The highest BCUT2D eigenvalue weighted by atomic mass is 15.2. The maximum atomic E-state index is 4.38. The summed E-state index contributed by atoms with van der Waals surface area (Å²) in [5.41, 5.74) is 2.50. The molecule has 0 aliphatic carbocycles. The lowest BCUT2D eigenvalue weighted by Crippen LogP contribution is -2.36. The Labute approximate surface area is 120 Å². The van der Waals surface area contributed by atoms with Crippen LogP contribution in [-0.2, 0) is 6.54 Å². The molecule has 1 aliphatic heterocycles. The normalized spacial score (nSPS) is 17.9. The van der Waals surface area contributed by atoms with Crippen molar-refractivity contribution >= 4 is 5.52 Å². The number of nitrogens with one attached hydrogen (secondary N) is 1. The largest absolute Gasteiger partial charge is 0.312 e. The predicted molar refractivity (Wildman–Crippen MR) is 81.7 cm³/mol. The average Bonchev–Trinajstić information content (AvgIpc) is 2.92. The Kier molecular flexibility index (Phi) is 4.33. The van der Waals surface area contributed by atoms with Gasteiger partial charge in [-0.25, -0.2) is 4.52 Å². The smallest absolute Gasteiger partial charge is 0.0706 e. The minimum absolute atomic E-state index is 0.833. The van der Waals surface area contributed by atoms with Crippen LogP contribution in [0, 0.1) is 5.92 Å². The van der Waals surface area contributed by atoms with E-state index in [0.717, 1.165) is 19.0 Å². The van der Waals surface area contributed by atoms with Crippen LogP contribution in [-0.4, -0.2) is 40.7 Å². The summed E-state index contributed by atoms with van der Waals surface area (Å²) in [7, 11) is 0. The van der Waals surface area contributed by atoms with Crippen LogP contribution in [0.5, 0.6) is 0 Å². The van der Waals surface area contributed by atoms with Gasteiger partial charge in [0.05, 0.1) is 11.7 Å². The number of rotatable bonds is 5. The van der Waals surface area contributed by atoms with E-state index in [1.54, 1.807) is 0 Å². The molecule has 4 heteroatoms. The summed E-state index contributed by atoms with van der Waals surface area (Å²) in [5, 5.41) is 7.99. The van der Waals surface area contributed by atoms with Gasteiger partial charge in [-0.1, -0.05) is 13.0 Å². The van der Waals surface area contributed by atoms with Crippen LogP contribution in [0.25, 0.3) is 5.52 Å². The number of hydrogen-bond donors (Lipinski definition) is 1. The second kappa shape index (κ2) is 6.37. The molecule has 0 radical (unpaired) electrons. The minimum atomic E-state index is 0.833. The standard InChI is InChI=1S/C16H24N4/c1-2-19-9-6-14(7-10-19)11-17-12-15-13-18-20-8-4-3-5-16(15)20/h3-5,8,13-14,17H,2,6-7,9-12H2,1H3. The molecule has 0 spiro atoms. The third-order valence-electron chi connectivity index (χ3n) is 4.41. The van der Waals surface area contributed by atoms with Crippen molar-refractivity contribution in [3.05, 3.63) is 36.2 Å². The summed E-state index contributed by atoms with van der Waals surface area (Å²) < 4.78 is 1.94. The zero-order valence-electron chi connectivity index (χ0n) is 12.3. The quantitative estimate of drug-likeness (QED) is 0.905. The maximum Gasteiger partial charge on any atom is 0.0706 e. The average molecular weight is 272 g/mol. The van der Waals surface area contributed by atoms with Crippen molar-refractivity contribution in [2.75, 3.05) is 26.2 Å². The topological polar surface area (TPSA) is 32.6 Å². The van der Waals surface area contributed by atoms with Gasteiger partial charge in [-0.2, -0.15) is 5.10 Å². The molecule has 1 saturated heterocycles. The van der Waals surface area contributed by atoms with Crippen molar-refractivity contribution in [2.45, 2.75) is 26.3 Å². The van der Waals surface area contributed by atoms with E-state index < -0.39 is 0 Å². The summed E-state index contributed by atoms with van der Waals surface area (Å²) in [6.45, 7) is 8.02. The molecule has 1 N–H and O–H groups in total. The van der Waals surface area contributed by atoms with Crippen molar-refractivity contribution in [3.63, 3.8) is 0 Å². The number of piperidine rings is 1. The Hall–Kier alpha value is -1.39. The second-order valence-corrected chi connectivity index (χ2v) is 5.71. The first kappa shape index (κ1) is 13.6. The molecule has 0 bridgehead atoms. The lowest BCUT2D eigenvalue weighted by Gasteiger charge is -2.31. The molecule has 2 aromatic heterocycles. The Bertz CT molecular complexity index is 540. The van der Waals surface area contributed by atoms with Gasteiger partial charge < -0.3 is 10.2 Å². The molecule has 108 valence electrons. The Balaban J connectivity index is 1.48. The summed E-state index contributed by atoms with van der Waals surface area (Å²) in [4.78, 5) is 2.54. The highest BCUT2D eigenvalue weighted by Gasteiger charge is 2.17. The van der Waals surface area contributed by atoms with Crippen LogP contribution in [0.2, 0.25) is 0 Å². The van der Waals surface area contributed by atoms with E-state index in [1.807, 2.05) is 23.0 Å². The molecule has 2 aromatic rings. The van der Waals surface area contributed by atoms with Crippen molar-refractivity contribution in [2.24, 2.45) is 5.92 Å². The second-order valence-electron chi connectivity index (χ2n) is 5.71. The van der Waals surface area contributed by atoms with Crippen molar-refractivity contribution in [1.29, 1.82) is 0 Å². The van der Waals surface area contributed by atoms with E-state index >= 15 is 0 Å². The van der Waals surface area contributed by atoms with Gasteiger partial charge in [-0.15, -0.1) is 0 Å². The number of nitrogens with zero attached hydrogens (tertiary/aromatic N) is 3. The Morgan fingerprint density at radius 3 is 2.95 bits per heavy atom. The first-order chi connectivity index (χ1) is 9.86.